The summed E-state index contributed by atoms with van der Waals surface area (Å²) in [7, 11) is 0. The number of fused-ring (bicyclic) bond motifs is 20. The molecular weight excluding hydrogens is 598 g/mol. The van der Waals surface area contributed by atoms with Crippen LogP contribution in [0, 0.1) is 0 Å². The fourth-order valence-corrected chi connectivity index (χ4v) is 5.59. The van der Waals surface area contributed by atoms with Crippen molar-refractivity contribution >= 4 is 63.1 Å². The van der Waals surface area contributed by atoms with Crippen LogP contribution in [0.5, 0.6) is 0 Å². The van der Waals surface area contributed by atoms with E-state index in [1.807, 2.05) is 97.1 Å². The molecule has 10 nitrogen and oxygen atoms in total. The minimum Gasteiger partial charge on any atom is -0.324 e. The first-order valence-electron chi connectivity index (χ1n) is 13.4. The maximum atomic E-state index is 7.19. The molecule has 0 fully saturated rings. The molecule has 2 aliphatic heterocycles. The van der Waals surface area contributed by atoms with Gasteiger partial charge in [-0.2, -0.15) is 0 Å². The van der Waals surface area contributed by atoms with E-state index in [9.17, 15) is 0 Å². The Labute approximate surface area is 254 Å². The zero-order valence-corrected chi connectivity index (χ0v) is 27.1. The van der Waals surface area contributed by atoms with E-state index in [-0.39, 0.29) is 24.4 Å². The summed E-state index contributed by atoms with van der Waals surface area (Å²) in [6, 6.07) is 32.2. The van der Waals surface area contributed by atoms with Gasteiger partial charge in [-0.05, 0) is 0 Å². The van der Waals surface area contributed by atoms with Crippen molar-refractivity contribution < 1.29 is 9.38 Å². The van der Waals surface area contributed by atoms with E-state index in [1.54, 1.807) is 0 Å². The molecule has 3 aromatic heterocycles. The van der Waals surface area contributed by atoms with Crippen molar-refractivity contribution in [1.82, 2.24) is 39.9 Å². The van der Waals surface area contributed by atoms with Crippen LogP contribution < -0.4 is 0 Å². The van der Waals surface area contributed by atoms with E-state index < -0.39 is 0 Å². The smallest absolute Gasteiger partial charge is 0.164 e. The van der Waals surface area contributed by atoms with Crippen LogP contribution in [0.2, 0.25) is 0 Å². The van der Waals surface area contributed by atoms with Gasteiger partial charge in [-0.3, -0.25) is 0 Å². The van der Waals surface area contributed by atoms with E-state index in [0.29, 0.717) is 45.9 Å². The van der Waals surface area contributed by atoms with Crippen molar-refractivity contribution in [1.29, 1.82) is 0 Å². The first-order chi connectivity index (χ1) is 20.8. The molecule has 0 saturated carbocycles. The van der Waals surface area contributed by atoms with Crippen LogP contribution in [-0.4, -0.2) is 68.2 Å². The van der Waals surface area contributed by atoms with E-state index in [4.69, 9.17) is 33.8 Å². The molecule has 0 amide bonds. The van der Waals surface area contributed by atoms with Gasteiger partial charge in [0.15, 0.2) is 23.3 Å². The van der Waals surface area contributed by atoms with Gasteiger partial charge < -0.3 is 15.4 Å². The largest absolute Gasteiger partial charge is 0.324 e. The van der Waals surface area contributed by atoms with Gasteiger partial charge in [0.25, 0.3) is 0 Å². The summed E-state index contributed by atoms with van der Waals surface area (Å²) in [6.45, 7) is 0. The molecule has 43 heavy (non-hydrogen) atoms. The Hall–Kier alpha value is -5.20. The Balaban J connectivity index is 0.000000981. The normalized spacial score (nSPS) is 11.3. The third kappa shape index (κ3) is 4.22. The quantitative estimate of drug-likeness (QED) is 0.209. The number of nitrogens with zero attached hydrogens (tertiary/aromatic N) is 6. The number of nitrogens with one attached hydrogen (secondary N) is 2. The van der Waals surface area contributed by atoms with Crippen LogP contribution >= 0.6 is 0 Å². The average molecular weight is 621 g/mol. The van der Waals surface area contributed by atoms with Gasteiger partial charge >= 0.3 is 22.9 Å². The number of benzene rings is 4. The summed E-state index contributed by atoms with van der Waals surface area (Å²) in [4.78, 5) is 36.8. The molecule has 11 heteroatoms. The number of H-pyrrole nitrogens is 2. The fourth-order valence-electron chi connectivity index (χ4n) is 5.59. The molecule has 0 unspecified atom stereocenters. The van der Waals surface area contributed by atoms with Crippen LogP contribution in [0.25, 0.3) is 89.7 Å². The zero-order valence-electron chi connectivity index (χ0n) is 22.9. The molecule has 0 aliphatic carbocycles. The topological polar surface area (TPSA) is 161 Å². The SMILES string of the molecule is O.[OH][GaH2].c1ccc2c(c1)-c1nc-2nc2[nH]c(nc3nc(nc4[nH]c(n1)c1ccccc41)-c1ccccc1-3)c1ccccc21. The number of hydrogen-bond acceptors (Lipinski definition) is 7. The number of hydrogen-bond donors (Lipinski definition) is 3. The molecule has 5 N–H and O–H groups in total. The van der Waals surface area contributed by atoms with Crippen molar-refractivity contribution in [3.8, 4) is 45.6 Å². The van der Waals surface area contributed by atoms with E-state index in [0.717, 1.165) is 43.8 Å². The number of rotatable bonds is 0. The van der Waals surface area contributed by atoms with Crippen molar-refractivity contribution in [3.63, 3.8) is 0 Å². The number of aromatic nitrogens is 8. The van der Waals surface area contributed by atoms with Gasteiger partial charge in [0.1, 0.15) is 22.6 Å². The second-order valence-corrected chi connectivity index (χ2v) is 9.79. The van der Waals surface area contributed by atoms with Crippen molar-refractivity contribution in [2.24, 2.45) is 0 Å². The Morgan fingerprint density at radius 1 is 0.372 bits per heavy atom. The molecule has 0 radical (unpaired) electrons. The first-order valence-corrected chi connectivity index (χ1v) is 15.3. The minimum absolute atomic E-state index is 0. The molecule has 9 rings (SSSR count). The summed E-state index contributed by atoms with van der Waals surface area (Å²) in [5.41, 5.74) is 6.45. The Morgan fingerprint density at radius 2 is 0.605 bits per heavy atom. The van der Waals surface area contributed by atoms with E-state index >= 15 is 0 Å². The predicted octanol–water partition coefficient (Wildman–Crippen LogP) is 4.57. The second-order valence-electron chi connectivity index (χ2n) is 9.79. The Kier molecular flexibility index (Phi) is 6.56. The molecule has 5 heterocycles. The van der Waals surface area contributed by atoms with Gasteiger partial charge in [-0.1, -0.05) is 97.1 Å². The summed E-state index contributed by atoms with van der Waals surface area (Å²) >= 11 is 0.0625. The van der Waals surface area contributed by atoms with Gasteiger partial charge in [0.05, 0.1) is 0 Å². The maximum absolute atomic E-state index is 7.19. The van der Waals surface area contributed by atoms with Gasteiger partial charge in [0.2, 0.25) is 0 Å². The van der Waals surface area contributed by atoms with E-state index in [1.165, 1.54) is 0 Å². The third-order valence-electron chi connectivity index (χ3n) is 7.46. The summed E-state index contributed by atoms with van der Waals surface area (Å²) in [6.07, 6.45) is 0. The molecule has 4 aromatic carbocycles. The van der Waals surface area contributed by atoms with Gasteiger partial charge in [-0.25, -0.2) is 29.9 Å². The van der Waals surface area contributed by atoms with Crippen LogP contribution in [0.15, 0.2) is 97.1 Å². The van der Waals surface area contributed by atoms with Crippen LogP contribution in [-0.2, 0) is 0 Å². The molecule has 0 saturated heterocycles. The second kappa shape index (κ2) is 10.6. The van der Waals surface area contributed by atoms with Crippen LogP contribution in [0.4, 0.5) is 0 Å². The fraction of sp³-hybridized carbons (Fsp3) is 0. The summed E-state index contributed by atoms with van der Waals surface area (Å²) < 4.78 is 7.19. The summed E-state index contributed by atoms with van der Waals surface area (Å²) in [5.74, 6) is 2.39. The average Bonchev–Trinajstić information content (AvgIpc) is 3.78. The van der Waals surface area contributed by atoms with Crippen molar-refractivity contribution in [2.75, 3.05) is 0 Å². The molecule has 206 valence electrons. The molecule has 7 aromatic rings. The maximum Gasteiger partial charge on any atom is 0.164 e. The molecular formula is C32H23GaN8O2. The minimum atomic E-state index is 0. The predicted molar refractivity (Wildman–Crippen MR) is 170 cm³/mol. The van der Waals surface area contributed by atoms with E-state index in [2.05, 4.69) is 9.97 Å². The molecule has 8 bridgehead atoms. The monoisotopic (exact) mass is 620 g/mol. The van der Waals surface area contributed by atoms with Gasteiger partial charge in [0, 0.05) is 43.8 Å². The van der Waals surface area contributed by atoms with Crippen molar-refractivity contribution in [2.45, 2.75) is 0 Å². The standard InChI is InChI=1S/C32H18N8.Ga.2H2O.2H/c1-2-10-18-17(9-1)25-33-26(18)38-28-21-13-5-6-14-22(21)30(35-28)40-32-24-16-8-7-15-23(24)31(36-32)39-29-20-12-4-3-11-19(20)27(34-29)37-25;;;;;/h1-16H,(H2,33,34,35,36,37,38,39,40);;2*1H2;;/q;+1;;;;/p-1. The Morgan fingerprint density at radius 3 is 0.860 bits per heavy atom. The van der Waals surface area contributed by atoms with Gasteiger partial charge in [-0.15, -0.1) is 0 Å². The molecule has 2 aliphatic rings. The Bertz CT molecular complexity index is 2050. The molecule has 0 spiro atoms. The third-order valence-corrected chi connectivity index (χ3v) is 7.46. The zero-order chi connectivity index (χ0) is 28.2. The number of aromatic amines is 2. The first kappa shape index (κ1) is 26.7. The van der Waals surface area contributed by atoms with Crippen molar-refractivity contribution in [3.05, 3.63) is 97.1 Å². The summed E-state index contributed by atoms with van der Waals surface area (Å²) in [5, 5.41) is 3.82. The van der Waals surface area contributed by atoms with Crippen LogP contribution in [0.1, 0.15) is 0 Å². The molecule has 0 atom stereocenters. The van der Waals surface area contributed by atoms with Crippen LogP contribution in [0.3, 0.4) is 0 Å².